The van der Waals surface area contributed by atoms with Crippen molar-refractivity contribution >= 4 is 54.8 Å². The number of carbonyl (C=O) groups excluding carboxylic acids is 1. The number of hydrogen-bond donors (Lipinski definition) is 2. The molecule has 3 N–H and O–H groups in total. The van der Waals surface area contributed by atoms with Gasteiger partial charge in [0.05, 0.1) is 6.54 Å². The molecular formula is C20H40KNO3. The fourth-order valence-corrected chi connectivity index (χ4v) is 3.30. The summed E-state index contributed by atoms with van der Waals surface area (Å²) in [5, 5.41) is 7.60. The first-order valence-electron chi connectivity index (χ1n) is 10.5. The van der Waals surface area contributed by atoms with Crippen LogP contribution < -0.4 is 5.73 Å². The van der Waals surface area contributed by atoms with E-state index in [0.717, 1.165) is 12.8 Å². The van der Waals surface area contributed by atoms with Gasteiger partial charge in [-0.3, -0.25) is 4.79 Å². The third kappa shape index (κ3) is 32.8. The number of aliphatic carboxylic acids is 1. The average molecular weight is 382 g/mol. The molecule has 0 bridgehead atoms. The van der Waals surface area contributed by atoms with Gasteiger partial charge in [-0.05, 0) is 0 Å². The van der Waals surface area contributed by atoms with Crippen molar-refractivity contribution in [2.45, 2.75) is 110 Å². The van der Waals surface area contributed by atoms with Crippen LogP contribution in [0.2, 0.25) is 0 Å². The van der Waals surface area contributed by atoms with Gasteiger partial charge in [0.2, 0.25) is 0 Å². The minimum absolute atomic E-state index is 0.278. The number of carbonyl (C=O) groups is 2. The normalized spacial score (nSPS) is 10.2. The van der Waals surface area contributed by atoms with E-state index in [0.29, 0.717) is 48.8 Å². The van der Waals surface area contributed by atoms with E-state index in [4.69, 9.17) is 5.11 Å². The van der Waals surface area contributed by atoms with Crippen molar-refractivity contribution in [2.75, 3.05) is 6.54 Å². The summed E-state index contributed by atoms with van der Waals surface area (Å²) >= 11 is 0.420. The second-order valence-electron chi connectivity index (χ2n) is 7.00. The van der Waals surface area contributed by atoms with Crippen LogP contribution in [0.3, 0.4) is 0 Å². The SMILES string of the molecule is CCCCCCCCCCCCCCCCC[C](=O)[K].NCC(=O)O. The van der Waals surface area contributed by atoms with Gasteiger partial charge in [0.15, 0.2) is 0 Å². The Balaban J connectivity index is 0. The zero-order chi connectivity index (χ0) is 19.2. The number of hydrogen-bond acceptors (Lipinski definition) is 3. The third-order valence-corrected chi connectivity index (χ3v) is 5.09. The van der Waals surface area contributed by atoms with Crippen molar-refractivity contribution in [3.8, 4) is 0 Å². The van der Waals surface area contributed by atoms with Gasteiger partial charge in [0.25, 0.3) is 0 Å². The number of nitrogens with two attached hydrogens (primary N) is 1. The largest absolute Gasteiger partial charge is 0.480 e. The molecule has 144 valence electrons. The molecule has 4 nitrogen and oxygen atoms in total. The summed E-state index contributed by atoms with van der Waals surface area (Å²) in [6.07, 6.45) is 21.8. The molecular weight excluding hydrogens is 341 g/mol. The molecule has 0 aromatic heterocycles. The maximum atomic E-state index is 10.9. The van der Waals surface area contributed by atoms with Gasteiger partial charge in [0, 0.05) is 0 Å². The maximum absolute atomic E-state index is 10.9. The molecule has 0 aliphatic carbocycles. The first-order valence-corrected chi connectivity index (χ1v) is 12.0. The average Bonchev–Trinajstić information content (AvgIpc) is 2.58. The van der Waals surface area contributed by atoms with E-state index in [9.17, 15) is 9.59 Å². The molecule has 0 radical (unpaired) electrons. The van der Waals surface area contributed by atoms with Crippen LogP contribution in [0.4, 0.5) is 0 Å². The van der Waals surface area contributed by atoms with Crippen LogP contribution in [0, 0.1) is 0 Å². The first kappa shape index (κ1) is 28.0. The van der Waals surface area contributed by atoms with E-state index in [1.807, 2.05) is 0 Å². The molecule has 0 aromatic rings. The van der Waals surface area contributed by atoms with Crippen LogP contribution in [-0.4, -0.2) is 66.5 Å². The maximum Gasteiger partial charge on any atom is 0.317 e. The summed E-state index contributed by atoms with van der Waals surface area (Å²) in [5.74, 6) is -0.968. The summed E-state index contributed by atoms with van der Waals surface area (Å²) in [4.78, 5) is 20.1. The molecule has 0 saturated carbocycles. The summed E-state index contributed by atoms with van der Waals surface area (Å²) < 4.78 is 0.534. The van der Waals surface area contributed by atoms with Crippen molar-refractivity contribution in [1.29, 1.82) is 0 Å². The van der Waals surface area contributed by atoms with Gasteiger partial charge in [-0.2, -0.15) is 0 Å². The predicted molar refractivity (Wildman–Crippen MR) is 107 cm³/mol. The summed E-state index contributed by atoms with van der Waals surface area (Å²) in [6.45, 7) is 2.01. The van der Waals surface area contributed by atoms with Gasteiger partial charge in [0.1, 0.15) is 0 Å². The van der Waals surface area contributed by atoms with Crippen LogP contribution in [0.5, 0.6) is 0 Å². The molecule has 0 aliphatic rings. The zero-order valence-electron chi connectivity index (χ0n) is 16.9. The van der Waals surface area contributed by atoms with E-state index in [1.165, 1.54) is 89.9 Å². The Morgan fingerprint density at radius 2 is 1.00 bits per heavy atom. The molecule has 0 fully saturated rings. The number of carboxylic acid groups (broad SMARTS) is 1. The van der Waals surface area contributed by atoms with Crippen LogP contribution in [0.1, 0.15) is 110 Å². The second-order valence-corrected chi connectivity index (χ2v) is 8.74. The molecule has 0 saturated heterocycles. The fourth-order valence-electron chi connectivity index (χ4n) is 2.75. The molecule has 5 heteroatoms. The van der Waals surface area contributed by atoms with Crippen LogP contribution in [0.15, 0.2) is 0 Å². The van der Waals surface area contributed by atoms with Crippen LogP contribution >= 0.6 is 0 Å². The molecule has 0 spiro atoms. The molecule has 0 amide bonds. The molecule has 0 heterocycles. The molecule has 25 heavy (non-hydrogen) atoms. The standard InChI is InChI=1S/C18H35O.C2H5NO2.K/c1-2-3-4-5-6-7-8-9-10-11-12-13-14-15-16-17-18-19;3-1-2(4)5;/h2-17H2,1H3;1,3H2,(H,4,5);. The Kier molecular flexibility index (Phi) is 27.7. The quantitative estimate of drug-likeness (QED) is 0.275. The van der Waals surface area contributed by atoms with Crippen molar-refractivity contribution in [1.82, 2.24) is 0 Å². The Morgan fingerprint density at radius 3 is 1.24 bits per heavy atom. The zero-order valence-corrected chi connectivity index (χ0v) is 20.0. The Morgan fingerprint density at radius 1 is 0.720 bits per heavy atom. The number of rotatable bonds is 17. The van der Waals surface area contributed by atoms with Gasteiger partial charge >= 0.3 is 130 Å². The minimum atomic E-state index is -0.968. The van der Waals surface area contributed by atoms with Crippen LogP contribution in [0.25, 0.3) is 0 Å². The molecule has 0 aliphatic heterocycles. The Bertz CT molecular complexity index is 299. The van der Waals surface area contributed by atoms with E-state index in [1.54, 1.807) is 0 Å². The molecule has 0 atom stereocenters. The molecule has 0 rings (SSSR count). The van der Waals surface area contributed by atoms with Gasteiger partial charge in [-0.25, -0.2) is 0 Å². The van der Waals surface area contributed by atoms with Crippen molar-refractivity contribution in [2.24, 2.45) is 5.73 Å². The van der Waals surface area contributed by atoms with E-state index >= 15 is 0 Å². The minimum Gasteiger partial charge on any atom is -0.480 e. The third-order valence-electron chi connectivity index (χ3n) is 4.31. The molecule has 0 aromatic carbocycles. The van der Waals surface area contributed by atoms with E-state index in [-0.39, 0.29) is 6.54 Å². The smallest absolute Gasteiger partial charge is 0.317 e. The summed E-state index contributed by atoms with van der Waals surface area (Å²) in [5.41, 5.74) is 4.57. The van der Waals surface area contributed by atoms with Crippen molar-refractivity contribution < 1.29 is 14.7 Å². The number of unbranched alkanes of at least 4 members (excludes halogenated alkanes) is 14. The first-order chi connectivity index (χ1) is 12.0. The topological polar surface area (TPSA) is 80.4 Å². The Labute approximate surface area is 189 Å². The van der Waals surface area contributed by atoms with Crippen molar-refractivity contribution in [3.63, 3.8) is 0 Å². The Hall–Kier alpha value is 0.736. The van der Waals surface area contributed by atoms with Gasteiger partial charge in [-0.15, -0.1) is 0 Å². The van der Waals surface area contributed by atoms with Gasteiger partial charge in [-0.1, -0.05) is 39.0 Å². The summed E-state index contributed by atoms with van der Waals surface area (Å²) in [7, 11) is 0. The van der Waals surface area contributed by atoms with E-state index in [2.05, 4.69) is 12.7 Å². The van der Waals surface area contributed by atoms with Gasteiger partial charge < -0.3 is 10.8 Å². The monoisotopic (exact) mass is 381 g/mol. The summed E-state index contributed by atoms with van der Waals surface area (Å²) in [6, 6.07) is 0. The van der Waals surface area contributed by atoms with Crippen LogP contribution in [-0.2, 0) is 9.59 Å². The van der Waals surface area contributed by atoms with Crippen molar-refractivity contribution in [3.05, 3.63) is 0 Å². The predicted octanol–water partition coefficient (Wildman–Crippen LogP) is 4.97. The molecule has 0 unspecified atom stereocenters. The van der Waals surface area contributed by atoms with E-state index < -0.39 is 5.97 Å². The number of carboxylic acids is 1. The fraction of sp³-hybridized carbons (Fsp3) is 0.900. The second kappa shape index (κ2) is 24.7.